The predicted molar refractivity (Wildman–Crippen MR) is 68.6 cm³/mol. The summed E-state index contributed by atoms with van der Waals surface area (Å²) in [7, 11) is 0. The van der Waals surface area contributed by atoms with Crippen LogP contribution in [-0.2, 0) is 6.42 Å². The average molecular weight is 269 g/mol. The van der Waals surface area contributed by atoms with Gasteiger partial charge in [-0.1, -0.05) is 6.07 Å². The maximum Gasteiger partial charge on any atom is 0.193 e. The van der Waals surface area contributed by atoms with Crippen LogP contribution in [0.25, 0.3) is 0 Å². The lowest BCUT2D eigenvalue weighted by Gasteiger charge is -2.15. The Hall–Kier alpha value is -1.36. The summed E-state index contributed by atoms with van der Waals surface area (Å²) in [6.45, 7) is 1.86. The van der Waals surface area contributed by atoms with Gasteiger partial charge >= 0.3 is 0 Å². The van der Waals surface area contributed by atoms with Crippen LogP contribution in [0.5, 0.6) is 0 Å². The molecule has 0 amide bonds. The van der Waals surface area contributed by atoms with Crippen molar-refractivity contribution in [3.63, 3.8) is 0 Å². The molecule has 0 saturated heterocycles. The molecule has 0 radical (unpaired) electrons. The Bertz CT molecular complexity index is 542. The minimum absolute atomic E-state index is 0.193. The van der Waals surface area contributed by atoms with E-state index in [9.17, 15) is 4.39 Å². The van der Waals surface area contributed by atoms with Crippen molar-refractivity contribution in [1.29, 1.82) is 0 Å². The van der Waals surface area contributed by atoms with Crippen molar-refractivity contribution in [2.24, 2.45) is 5.84 Å². The van der Waals surface area contributed by atoms with Crippen LogP contribution in [-0.4, -0.2) is 0 Å². The number of nitrogens with two attached hydrogens (primary N) is 1. The van der Waals surface area contributed by atoms with Gasteiger partial charge in [-0.15, -0.1) is 0 Å². The standard InChI is InChI=1S/C13H14ClFN2O/c1-8-6-10(15)3-2-9(8)7-11(17-16)12-4-5-13(14)18-12/h2-6,11,17H,7,16H2,1H3. The van der Waals surface area contributed by atoms with Gasteiger partial charge in [0.1, 0.15) is 11.6 Å². The van der Waals surface area contributed by atoms with Crippen molar-refractivity contribution >= 4 is 11.6 Å². The fraction of sp³-hybridized carbons (Fsp3) is 0.231. The van der Waals surface area contributed by atoms with E-state index in [1.807, 2.05) is 6.92 Å². The highest BCUT2D eigenvalue weighted by Gasteiger charge is 2.15. The molecule has 5 heteroatoms. The van der Waals surface area contributed by atoms with E-state index >= 15 is 0 Å². The van der Waals surface area contributed by atoms with E-state index < -0.39 is 0 Å². The quantitative estimate of drug-likeness (QED) is 0.662. The van der Waals surface area contributed by atoms with E-state index in [2.05, 4.69) is 5.43 Å². The van der Waals surface area contributed by atoms with Crippen molar-refractivity contribution in [3.8, 4) is 0 Å². The van der Waals surface area contributed by atoms with Crippen molar-refractivity contribution in [2.45, 2.75) is 19.4 Å². The number of hydrogen-bond donors (Lipinski definition) is 2. The number of furan rings is 1. The smallest absolute Gasteiger partial charge is 0.193 e. The van der Waals surface area contributed by atoms with Crippen LogP contribution in [0.2, 0.25) is 5.22 Å². The highest BCUT2D eigenvalue weighted by molar-refractivity contribution is 6.28. The first-order chi connectivity index (χ1) is 8.60. The molecule has 1 heterocycles. The zero-order valence-corrected chi connectivity index (χ0v) is 10.7. The number of aryl methyl sites for hydroxylation is 1. The summed E-state index contributed by atoms with van der Waals surface area (Å²) in [6.07, 6.45) is 0.604. The lowest BCUT2D eigenvalue weighted by Crippen LogP contribution is -2.29. The zero-order chi connectivity index (χ0) is 13.1. The monoisotopic (exact) mass is 268 g/mol. The lowest BCUT2D eigenvalue weighted by atomic mass is 10.00. The summed E-state index contributed by atoms with van der Waals surface area (Å²) in [5, 5.41) is 0.320. The number of hydrogen-bond acceptors (Lipinski definition) is 3. The molecule has 0 saturated carbocycles. The Labute approximate surface area is 110 Å². The summed E-state index contributed by atoms with van der Waals surface area (Å²) < 4.78 is 18.3. The SMILES string of the molecule is Cc1cc(F)ccc1CC(NN)c1ccc(Cl)o1. The van der Waals surface area contributed by atoms with Crippen LogP contribution in [0.3, 0.4) is 0 Å². The maximum absolute atomic E-state index is 13.0. The molecule has 1 unspecified atom stereocenters. The van der Waals surface area contributed by atoms with Crippen LogP contribution in [0.4, 0.5) is 4.39 Å². The van der Waals surface area contributed by atoms with Gasteiger partial charge in [0.2, 0.25) is 0 Å². The molecule has 3 N–H and O–H groups in total. The number of halogens is 2. The summed E-state index contributed by atoms with van der Waals surface area (Å²) >= 11 is 5.73. The van der Waals surface area contributed by atoms with Gasteiger partial charge in [-0.05, 0) is 60.3 Å². The van der Waals surface area contributed by atoms with E-state index in [0.29, 0.717) is 17.4 Å². The average Bonchev–Trinajstić information content (AvgIpc) is 2.75. The number of nitrogens with one attached hydrogen (secondary N) is 1. The molecule has 2 aromatic rings. The molecule has 96 valence electrons. The summed E-state index contributed by atoms with van der Waals surface area (Å²) in [4.78, 5) is 0. The van der Waals surface area contributed by atoms with Gasteiger partial charge in [-0.2, -0.15) is 0 Å². The zero-order valence-electron chi connectivity index (χ0n) is 9.91. The predicted octanol–water partition coefficient (Wildman–Crippen LogP) is 3.13. The first kappa shape index (κ1) is 13.1. The summed E-state index contributed by atoms with van der Waals surface area (Å²) in [6, 6.07) is 7.93. The first-order valence-corrected chi connectivity index (χ1v) is 5.94. The van der Waals surface area contributed by atoms with Gasteiger partial charge in [-0.3, -0.25) is 5.84 Å². The summed E-state index contributed by atoms with van der Waals surface area (Å²) in [5.74, 6) is 5.93. The number of benzene rings is 1. The van der Waals surface area contributed by atoms with Gasteiger partial charge in [0.05, 0.1) is 6.04 Å². The van der Waals surface area contributed by atoms with E-state index in [1.165, 1.54) is 12.1 Å². The molecule has 1 atom stereocenters. The molecule has 1 aromatic heterocycles. The molecular weight excluding hydrogens is 255 g/mol. The third-order valence-corrected chi connectivity index (χ3v) is 3.07. The molecule has 0 fully saturated rings. The molecule has 0 spiro atoms. The van der Waals surface area contributed by atoms with Gasteiger partial charge in [0, 0.05) is 0 Å². The maximum atomic E-state index is 13.0. The van der Waals surface area contributed by atoms with Gasteiger partial charge in [0.15, 0.2) is 5.22 Å². The van der Waals surface area contributed by atoms with Crippen LogP contribution in [0.1, 0.15) is 22.9 Å². The Balaban J connectivity index is 2.20. The van der Waals surface area contributed by atoms with E-state index in [0.717, 1.165) is 11.1 Å². The van der Waals surface area contributed by atoms with Gasteiger partial charge in [0.25, 0.3) is 0 Å². The second-order valence-corrected chi connectivity index (χ2v) is 4.51. The number of hydrazine groups is 1. The molecule has 0 aliphatic heterocycles. The van der Waals surface area contributed by atoms with E-state index in [-0.39, 0.29) is 11.9 Å². The van der Waals surface area contributed by atoms with Crippen molar-refractivity contribution in [2.75, 3.05) is 0 Å². The van der Waals surface area contributed by atoms with Crippen LogP contribution < -0.4 is 11.3 Å². The lowest BCUT2D eigenvalue weighted by molar-refractivity contribution is 0.416. The number of rotatable bonds is 4. The molecule has 18 heavy (non-hydrogen) atoms. The minimum Gasteiger partial charge on any atom is -0.448 e. The molecule has 1 aromatic carbocycles. The Morgan fingerprint density at radius 3 is 2.72 bits per heavy atom. The Morgan fingerprint density at radius 2 is 2.17 bits per heavy atom. The first-order valence-electron chi connectivity index (χ1n) is 5.56. The van der Waals surface area contributed by atoms with Crippen LogP contribution in [0.15, 0.2) is 34.7 Å². The van der Waals surface area contributed by atoms with E-state index in [4.69, 9.17) is 21.9 Å². The minimum atomic E-state index is -0.241. The van der Waals surface area contributed by atoms with E-state index in [1.54, 1.807) is 18.2 Å². The van der Waals surface area contributed by atoms with Gasteiger partial charge in [-0.25, -0.2) is 9.82 Å². The van der Waals surface area contributed by atoms with Crippen molar-refractivity contribution < 1.29 is 8.81 Å². The molecule has 0 aliphatic rings. The highest BCUT2D eigenvalue weighted by Crippen LogP contribution is 2.24. The third kappa shape index (κ3) is 2.90. The van der Waals surface area contributed by atoms with Crippen molar-refractivity contribution in [1.82, 2.24) is 5.43 Å². The fourth-order valence-corrected chi connectivity index (χ4v) is 2.02. The molecule has 3 nitrogen and oxygen atoms in total. The fourth-order valence-electron chi connectivity index (χ4n) is 1.87. The second-order valence-electron chi connectivity index (χ2n) is 4.14. The molecular formula is C13H14ClFN2O. The highest BCUT2D eigenvalue weighted by atomic mass is 35.5. The van der Waals surface area contributed by atoms with Crippen molar-refractivity contribution in [3.05, 3.63) is 58.3 Å². The summed E-state index contributed by atoms with van der Waals surface area (Å²) in [5.41, 5.74) is 4.56. The Morgan fingerprint density at radius 1 is 1.39 bits per heavy atom. The topological polar surface area (TPSA) is 51.2 Å². The largest absolute Gasteiger partial charge is 0.448 e. The molecule has 0 bridgehead atoms. The van der Waals surface area contributed by atoms with Crippen LogP contribution in [0, 0.1) is 12.7 Å². The second kappa shape index (κ2) is 5.52. The van der Waals surface area contributed by atoms with Crippen LogP contribution >= 0.6 is 11.6 Å². The molecule has 2 rings (SSSR count). The Kier molecular flexibility index (Phi) is 4.01. The molecule has 0 aliphatic carbocycles. The normalized spacial score (nSPS) is 12.7. The van der Waals surface area contributed by atoms with Gasteiger partial charge < -0.3 is 4.42 Å². The third-order valence-electron chi connectivity index (χ3n) is 2.87.